The quantitative estimate of drug-likeness (QED) is 0.345. The minimum Gasteiger partial charge on any atom is -0.432 e. The molecule has 38 heavy (non-hydrogen) atoms. The second-order valence-electron chi connectivity index (χ2n) is 11.3. The highest BCUT2D eigenvalue weighted by Gasteiger charge is 2.66. The van der Waals surface area contributed by atoms with Crippen LogP contribution in [-0.2, 0) is 26.5 Å². The lowest BCUT2D eigenvalue weighted by atomic mass is 9.82. The van der Waals surface area contributed by atoms with Crippen molar-refractivity contribution in [2.75, 3.05) is 18.1 Å². The van der Waals surface area contributed by atoms with Gasteiger partial charge in [0.25, 0.3) is 5.91 Å². The van der Waals surface area contributed by atoms with Gasteiger partial charge in [-0.1, -0.05) is 30.7 Å². The van der Waals surface area contributed by atoms with Crippen LogP contribution in [0.2, 0.25) is 23.7 Å². The van der Waals surface area contributed by atoms with Crippen LogP contribution < -0.4 is 4.90 Å². The number of likely N-dealkylation sites (tertiary alicyclic amines) is 1. The van der Waals surface area contributed by atoms with E-state index < -0.39 is 20.0 Å². The largest absolute Gasteiger partial charge is 0.432 e. The maximum absolute atomic E-state index is 14.4. The summed E-state index contributed by atoms with van der Waals surface area (Å²) in [6.07, 6.45) is 1.06. The molecule has 5 atom stereocenters. The first-order chi connectivity index (χ1) is 18.0. The van der Waals surface area contributed by atoms with Crippen LogP contribution in [0, 0.1) is 9.49 Å². The van der Waals surface area contributed by atoms with Gasteiger partial charge in [0, 0.05) is 32.2 Å². The molecule has 2 fully saturated rings. The van der Waals surface area contributed by atoms with Crippen molar-refractivity contribution in [2.45, 2.75) is 69.1 Å². The third-order valence-corrected chi connectivity index (χ3v) is 11.9. The lowest BCUT2D eigenvalue weighted by Crippen LogP contribution is -2.46. The number of benzene rings is 2. The molecule has 5 rings (SSSR count). The summed E-state index contributed by atoms with van der Waals surface area (Å²) in [6.45, 7) is 6.57. The molecule has 2 aromatic carbocycles. The summed E-state index contributed by atoms with van der Waals surface area (Å²) in [5, 5.41) is 10.3. The average molecular weight is 669 g/mol. The molecular formula is C28H34ClIN2O5Si. The number of nitrogens with zero attached hydrogens (tertiary/aromatic N) is 2. The van der Waals surface area contributed by atoms with Crippen molar-refractivity contribution < 1.29 is 24.2 Å². The molecule has 0 aromatic heterocycles. The van der Waals surface area contributed by atoms with Crippen LogP contribution in [0.5, 0.6) is 0 Å². The number of halogens is 2. The Morgan fingerprint density at radius 1 is 1.26 bits per heavy atom. The molecule has 7 nitrogen and oxygen atoms in total. The third-order valence-electron chi connectivity index (χ3n) is 8.46. The molecule has 3 aliphatic rings. The maximum atomic E-state index is 14.4. The Balaban J connectivity index is 1.54. The first kappa shape index (κ1) is 28.0. The van der Waals surface area contributed by atoms with Crippen molar-refractivity contribution in [3.05, 3.63) is 62.2 Å². The predicted molar refractivity (Wildman–Crippen MR) is 157 cm³/mol. The molecule has 3 aliphatic heterocycles. The highest BCUT2D eigenvalue weighted by atomic mass is 127. The Bertz CT molecular complexity index is 1260. The van der Waals surface area contributed by atoms with Gasteiger partial charge in [-0.15, -0.1) is 0 Å². The van der Waals surface area contributed by atoms with Crippen molar-refractivity contribution in [2.24, 2.45) is 5.92 Å². The SMILES string of the molecule is C[C@@H]1[C@@H]([Si](C)(C)O)[C@H](CC(=O)N2CCC[C@H]2CO)O[C@@]12C(=O)N(Cc1cccc(I)c1)c1ccc(Cl)cc12. The first-order valence-electron chi connectivity index (χ1n) is 13.1. The molecule has 0 unspecified atom stereocenters. The zero-order valence-corrected chi connectivity index (χ0v) is 25.8. The van der Waals surface area contributed by atoms with Crippen molar-refractivity contribution in [3.63, 3.8) is 0 Å². The normalized spacial score (nSPS) is 29.0. The topological polar surface area (TPSA) is 90.3 Å². The van der Waals surface area contributed by atoms with Gasteiger partial charge in [0.15, 0.2) is 13.9 Å². The van der Waals surface area contributed by atoms with E-state index in [1.54, 1.807) is 21.9 Å². The van der Waals surface area contributed by atoms with Crippen molar-refractivity contribution in [1.29, 1.82) is 0 Å². The van der Waals surface area contributed by atoms with E-state index in [2.05, 4.69) is 28.7 Å². The zero-order valence-electron chi connectivity index (χ0n) is 21.9. The fourth-order valence-corrected chi connectivity index (χ4v) is 10.2. The van der Waals surface area contributed by atoms with Crippen LogP contribution in [-0.4, -0.2) is 60.2 Å². The Labute approximate surface area is 243 Å². The predicted octanol–water partition coefficient (Wildman–Crippen LogP) is 4.66. The van der Waals surface area contributed by atoms with Gasteiger partial charge >= 0.3 is 0 Å². The van der Waals surface area contributed by atoms with Crippen LogP contribution >= 0.6 is 34.2 Å². The number of ether oxygens (including phenoxy) is 1. The molecular weight excluding hydrogens is 635 g/mol. The molecule has 2 saturated heterocycles. The standard InChI is InChI=1S/C28H34ClIN2O5Si/c1-17-26(38(2,3)36)24(14-25(34)31-11-5-8-21(31)16-33)37-28(17)22-13-19(29)9-10-23(22)32(27(28)35)15-18-6-4-7-20(30)12-18/h4,6-7,9-10,12-13,17,21,24,26,33,36H,5,8,11,14-16H2,1-3H3/t17-,21+,24+,26-,28+/m1/s1. The van der Waals surface area contributed by atoms with Crippen LogP contribution in [0.3, 0.4) is 0 Å². The van der Waals surface area contributed by atoms with E-state index >= 15 is 0 Å². The molecule has 3 heterocycles. The van der Waals surface area contributed by atoms with E-state index in [0.717, 1.165) is 27.7 Å². The molecule has 1 spiro atoms. The number of fused-ring (bicyclic) bond motifs is 2. The maximum Gasteiger partial charge on any atom is 0.264 e. The van der Waals surface area contributed by atoms with Gasteiger partial charge in [-0.3, -0.25) is 9.59 Å². The molecule has 0 bridgehead atoms. The summed E-state index contributed by atoms with van der Waals surface area (Å²) < 4.78 is 7.84. The Hall–Kier alpha value is -1.50. The summed E-state index contributed by atoms with van der Waals surface area (Å²) in [7, 11) is -2.89. The molecule has 0 radical (unpaired) electrons. The van der Waals surface area contributed by atoms with E-state index in [4.69, 9.17) is 16.3 Å². The smallest absolute Gasteiger partial charge is 0.264 e. The van der Waals surface area contributed by atoms with Gasteiger partial charge in [0.2, 0.25) is 5.91 Å². The van der Waals surface area contributed by atoms with Crippen molar-refractivity contribution in [3.8, 4) is 0 Å². The van der Waals surface area contributed by atoms with E-state index in [1.165, 1.54) is 0 Å². The summed E-state index contributed by atoms with van der Waals surface area (Å²) in [5.41, 5.74) is 0.744. The van der Waals surface area contributed by atoms with Gasteiger partial charge in [-0.25, -0.2) is 0 Å². The first-order valence-corrected chi connectivity index (χ1v) is 17.6. The monoisotopic (exact) mass is 668 g/mol. The van der Waals surface area contributed by atoms with Gasteiger partial charge in [0.05, 0.1) is 37.4 Å². The van der Waals surface area contributed by atoms with Crippen molar-refractivity contribution in [1.82, 2.24) is 4.90 Å². The number of carbonyl (C=O) groups excluding carboxylic acids is 2. The highest BCUT2D eigenvalue weighted by Crippen LogP contribution is 2.60. The van der Waals surface area contributed by atoms with Gasteiger partial charge in [-0.05, 0) is 84.4 Å². The summed E-state index contributed by atoms with van der Waals surface area (Å²) in [4.78, 5) is 42.8. The molecule has 10 heteroatoms. The Morgan fingerprint density at radius 2 is 2.03 bits per heavy atom. The summed E-state index contributed by atoms with van der Waals surface area (Å²) in [5.74, 6) is -0.662. The van der Waals surface area contributed by atoms with Crippen LogP contribution in [0.25, 0.3) is 0 Å². The van der Waals surface area contributed by atoms with Crippen LogP contribution in [0.15, 0.2) is 42.5 Å². The number of rotatable bonds is 6. The van der Waals surface area contributed by atoms with Crippen LogP contribution in [0.1, 0.15) is 37.3 Å². The van der Waals surface area contributed by atoms with Crippen LogP contribution in [0.4, 0.5) is 5.69 Å². The minimum absolute atomic E-state index is 0.0598. The summed E-state index contributed by atoms with van der Waals surface area (Å²) >= 11 is 8.72. The number of hydrogen-bond acceptors (Lipinski definition) is 5. The number of anilines is 1. The van der Waals surface area contributed by atoms with Gasteiger partial charge in [-0.2, -0.15) is 0 Å². The van der Waals surface area contributed by atoms with E-state index in [0.29, 0.717) is 23.7 Å². The number of carbonyl (C=O) groups is 2. The Kier molecular flexibility index (Phi) is 7.73. The number of aliphatic hydroxyl groups excluding tert-OH is 1. The molecule has 2 amide bonds. The third kappa shape index (κ3) is 4.73. The van der Waals surface area contributed by atoms with Gasteiger partial charge in [0.1, 0.15) is 0 Å². The molecule has 2 N–H and O–H groups in total. The van der Waals surface area contributed by atoms with E-state index in [-0.39, 0.29) is 42.3 Å². The number of amides is 2. The molecule has 204 valence electrons. The second kappa shape index (κ2) is 10.5. The average Bonchev–Trinajstić information content (AvgIpc) is 3.50. The van der Waals surface area contributed by atoms with E-state index in [9.17, 15) is 19.5 Å². The highest BCUT2D eigenvalue weighted by molar-refractivity contribution is 14.1. The number of aliphatic hydroxyl groups is 1. The van der Waals surface area contributed by atoms with Crippen molar-refractivity contribution >= 4 is 60.0 Å². The zero-order chi connectivity index (χ0) is 27.4. The Morgan fingerprint density at radius 3 is 2.71 bits per heavy atom. The molecule has 0 saturated carbocycles. The lowest BCUT2D eigenvalue weighted by molar-refractivity contribution is -0.150. The lowest BCUT2D eigenvalue weighted by Gasteiger charge is -2.32. The fraction of sp³-hybridized carbons (Fsp3) is 0.500. The number of hydrogen-bond donors (Lipinski definition) is 2. The second-order valence-corrected chi connectivity index (χ2v) is 17.0. The fourth-order valence-electron chi connectivity index (χ4n) is 6.87. The summed E-state index contributed by atoms with van der Waals surface area (Å²) in [6, 6.07) is 13.3. The minimum atomic E-state index is -2.89. The van der Waals surface area contributed by atoms with E-state index in [1.807, 2.05) is 44.3 Å². The van der Waals surface area contributed by atoms with Gasteiger partial charge < -0.3 is 24.4 Å². The molecule has 2 aromatic rings. The molecule has 0 aliphatic carbocycles.